The minimum absolute atomic E-state index is 0.0492. The Morgan fingerprint density at radius 3 is 2.38 bits per heavy atom. The summed E-state index contributed by atoms with van der Waals surface area (Å²) in [6.45, 7) is 2.49. The lowest BCUT2D eigenvalue weighted by molar-refractivity contribution is -0.384. The molecule has 0 aromatic heterocycles. The van der Waals surface area contributed by atoms with E-state index in [-0.39, 0.29) is 5.69 Å². The number of nitro groups is 1. The van der Waals surface area contributed by atoms with E-state index in [1.807, 2.05) is 37.3 Å². The smallest absolute Gasteiger partial charge is 0.269 e. The number of benzene rings is 2. The number of hydrogen-bond acceptors (Lipinski definition) is 4. The molecule has 0 N–H and O–H groups in total. The summed E-state index contributed by atoms with van der Waals surface area (Å²) >= 11 is 0. The van der Waals surface area contributed by atoms with Crippen LogP contribution in [0.1, 0.15) is 6.92 Å². The highest BCUT2D eigenvalue weighted by molar-refractivity contribution is 8.12. The van der Waals surface area contributed by atoms with Crippen molar-refractivity contribution in [3.05, 3.63) is 64.7 Å². The first-order valence-electron chi connectivity index (χ1n) is 6.38. The van der Waals surface area contributed by atoms with Gasteiger partial charge in [0.25, 0.3) is 5.69 Å². The standard InChI is InChI=1S/C14H16NO4PS/c1-2-18-20(21-14-6-4-3-5-7-14)19-13-10-8-12(9-11-13)15(16)17/h3-11,20-21H,2H2,1H3. The van der Waals surface area contributed by atoms with E-state index in [2.05, 4.69) is 0 Å². The van der Waals surface area contributed by atoms with E-state index in [0.29, 0.717) is 12.4 Å². The Kier molecular flexibility index (Phi) is 5.99. The van der Waals surface area contributed by atoms with Gasteiger partial charge in [-0.1, -0.05) is 18.2 Å². The normalized spacial score (nSPS) is 12.4. The summed E-state index contributed by atoms with van der Waals surface area (Å²) < 4.78 is 11.5. The maximum atomic E-state index is 10.6. The van der Waals surface area contributed by atoms with Gasteiger partial charge in [-0.05, 0) is 31.2 Å². The van der Waals surface area contributed by atoms with Gasteiger partial charge >= 0.3 is 0 Å². The third kappa shape index (κ3) is 5.01. The van der Waals surface area contributed by atoms with Crippen LogP contribution in [0.3, 0.4) is 0 Å². The summed E-state index contributed by atoms with van der Waals surface area (Å²) in [5.74, 6) is 0.589. The van der Waals surface area contributed by atoms with Crippen LogP contribution in [-0.4, -0.2) is 11.5 Å². The molecule has 2 rings (SSSR count). The highest BCUT2D eigenvalue weighted by atomic mass is 32.5. The fourth-order valence-corrected chi connectivity index (χ4v) is 4.95. The van der Waals surface area contributed by atoms with E-state index < -0.39 is 12.1 Å². The molecule has 2 aromatic carbocycles. The molecule has 1 atom stereocenters. The molecule has 0 saturated heterocycles. The number of nitrogens with zero attached hydrogens (tertiary/aromatic N) is 1. The van der Waals surface area contributed by atoms with Crippen molar-refractivity contribution < 1.29 is 14.0 Å². The maximum Gasteiger partial charge on any atom is 0.269 e. The van der Waals surface area contributed by atoms with Crippen LogP contribution in [0.15, 0.2) is 59.5 Å². The second-order valence-corrected chi connectivity index (χ2v) is 7.53. The minimum atomic E-state index is -1.53. The Morgan fingerprint density at radius 2 is 1.81 bits per heavy atom. The Bertz CT molecular complexity index is 631. The average Bonchev–Trinajstić information content (AvgIpc) is 2.49. The van der Waals surface area contributed by atoms with Gasteiger partial charge in [0.15, 0.2) is 7.15 Å². The molecular weight excluding hydrogens is 309 g/mol. The molecule has 0 aliphatic heterocycles. The van der Waals surface area contributed by atoms with Crippen molar-refractivity contribution in [3.63, 3.8) is 0 Å². The third-order valence-electron chi connectivity index (χ3n) is 2.50. The number of hydrogen-bond donors (Lipinski definition) is 1. The molecular formula is C14H16NO4PS. The number of non-ortho nitro benzene ring substituents is 1. The zero-order valence-electron chi connectivity index (χ0n) is 11.4. The Balaban J connectivity index is 2.16. The molecule has 7 heteroatoms. The quantitative estimate of drug-likeness (QED) is 0.379. The fourth-order valence-electron chi connectivity index (χ4n) is 1.55. The molecule has 0 radical (unpaired) electrons. The molecule has 5 nitrogen and oxygen atoms in total. The second kappa shape index (κ2) is 7.98. The highest BCUT2D eigenvalue weighted by Gasteiger charge is 2.05. The van der Waals surface area contributed by atoms with Crippen LogP contribution in [-0.2, 0) is 15.5 Å². The molecule has 1 unspecified atom stereocenters. The summed E-state index contributed by atoms with van der Waals surface area (Å²) in [5, 5.41) is 10.6. The van der Waals surface area contributed by atoms with E-state index in [9.17, 15) is 10.1 Å². The minimum Gasteiger partial charge on any atom is -0.450 e. The monoisotopic (exact) mass is 325 g/mol. The lowest BCUT2D eigenvalue weighted by Crippen LogP contribution is -1.90. The Hall–Kier alpha value is -1.62. The largest absolute Gasteiger partial charge is 0.450 e. The highest BCUT2D eigenvalue weighted by Crippen LogP contribution is 2.32. The van der Waals surface area contributed by atoms with Gasteiger partial charge in [-0.2, -0.15) is 0 Å². The van der Waals surface area contributed by atoms with E-state index in [1.54, 1.807) is 12.1 Å². The maximum absolute atomic E-state index is 10.6. The van der Waals surface area contributed by atoms with Gasteiger partial charge < -0.3 is 9.05 Å². The topological polar surface area (TPSA) is 61.6 Å². The van der Waals surface area contributed by atoms with Crippen molar-refractivity contribution in [2.75, 3.05) is 6.61 Å². The van der Waals surface area contributed by atoms with Crippen LogP contribution in [0.4, 0.5) is 5.69 Å². The van der Waals surface area contributed by atoms with Crippen molar-refractivity contribution in [2.45, 2.75) is 11.8 Å². The van der Waals surface area contributed by atoms with E-state index >= 15 is 0 Å². The van der Waals surface area contributed by atoms with Crippen molar-refractivity contribution in [1.82, 2.24) is 0 Å². The van der Waals surface area contributed by atoms with Crippen molar-refractivity contribution in [1.29, 1.82) is 0 Å². The first-order chi connectivity index (χ1) is 10.2. The van der Waals surface area contributed by atoms with Crippen LogP contribution in [0, 0.1) is 10.1 Å². The summed E-state index contributed by atoms with van der Waals surface area (Å²) in [4.78, 5) is 11.3. The molecule has 0 spiro atoms. The number of rotatable bonds is 6. The predicted octanol–water partition coefficient (Wildman–Crippen LogP) is 3.84. The molecule has 0 amide bonds. The van der Waals surface area contributed by atoms with Crippen LogP contribution in [0.5, 0.6) is 5.75 Å². The van der Waals surface area contributed by atoms with E-state index in [0.717, 1.165) is 15.8 Å². The lowest BCUT2D eigenvalue weighted by atomic mass is 10.3. The first-order valence-corrected chi connectivity index (χ1v) is 9.43. The van der Waals surface area contributed by atoms with E-state index in [4.69, 9.17) is 9.05 Å². The number of nitro benzene ring substituents is 1. The van der Waals surface area contributed by atoms with Gasteiger partial charge in [0.05, 0.1) is 11.5 Å². The molecule has 112 valence electrons. The third-order valence-corrected chi connectivity index (χ3v) is 6.17. The molecule has 0 fully saturated rings. The second-order valence-electron chi connectivity index (χ2n) is 4.00. The predicted molar refractivity (Wildman–Crippen MR) is 87.1 cm³/mol. The van der Waals surface area contributed by atoms with Crippen molar-refractivity contribution in [2.24, 2.45) is 0 Å². The molecule has 0 aliphatic rings. The summed E-state index contributed by atoms with van der Waals surface area (Å²) in [7, 11) is -0.537. The number of thiol groups is 1. The molecule has 0 bridgehead atoms. The molecule has 2 aromatic rings. The van der Waals surface area contributed by atoms with Gasteiger partial charge in [-0.3, -0.25) is 10.1 Å². The average molecular weight is 325 g/mol. The Morgan fingerprint density at radius 1 is 1.14 bits per heavy atom. The summed E-state index contributed by atoms with van der Waals surface area (Å²) in [5.41, 5.74) is 0.0492. The summed E-state index contributed by atoms with van der Waals surface area (Å²) in [6, 6.07) is 16.0. The molecule has 0 saturated carbocycles. The van der Waals surface area contributed by atoms with Gasteiger partial charge in [-0.25, -0.2) is 0 Å². The van der Waals surface area contributed by atoms with Gasteiger partial charge in [0.2, 0.25) is 0 Å². The first kappa shape index (κ1) is 15.8. The van der Waals surface area contributed by atoms with Gasteiger partial charge in [0.1, 0.15) is 5.75 Å². The van der Waals surface area contributed by atoms with Gasteiger partial charge in [0, 0.05) is 17.0 Å². The zero-order valence-corrected chi connectivity index (χ0v) is 13.3. The van der Waals surface area contributed by atoms with E-state index in [1.165, 1.54) is 12.1 Å². The van der Waals surface area contributed by atoms with Crippen LogP contribution < -0.4 is 4.52 Å². The fraction of sp³-hybridized carbons (Fsp3) is 0.143. The zero-order chi connectivity index (χ0) is 15.1. The molecule has 0 heterocycles. The SMILES string of the molecule is CCO[PH](Oc1ccc([N+](=O)[O-])cc1)=[SH]c1ccccc1. The van der Waals surface area contributed by atoms with Crippen molar-refractivity contribution in [3.8, 4) is 5.75 Å². The van der Waals surface area contributed by atoms with Crippen molar-refractivity contribution >= 4 is 23.8 Å². The van der Waals surface area contributed by atoms with Crippen LogP contribution in [0.2, 0.25) is 0 Å². The lowest BCUT2D eigenvalue weighted by Gasteiger charge is -2.11. The molecule has 21 heavy (non-hydrogen) atoms. The van der Waals surface area contributed by atoms with Crippen LogP contribution >= 0.6 is 7.15 Å². The summed E-state index contributed by atoms with van der Waals surface area (Å²) in [6.07, 6.45) is 0. The van der Waals surface area contributed by atoms with Gasteiger partial charge in [-0.15, -0.1) is 10.9 Å². The molecule has 0 aliphatic carbocycles. The Labute approximate surface area is 127 Å². The van der Waals surface area contributed by atoms with Crippen LogP contribution in [0.25, 0.3) is 0 Å².